The second kappa shape index (κ2) is 7.56. The van der Waals surface area contributed by atoms with E-state index in [1.165, 1.54) is 20.9 Å². The van der Waals surface area contributed by atoms with Gasteiger partial charge in [-0.05, 0) is 18.1 Å². The maximum atomic E-state index is 13.6. The zero-order valence-electron chi connectivity index (χ0n) is 18.6. The summed E-state index contributed by atoms with van der Waals surface area (Å²) < 4.78 is 1.71. The van der Waals surface area contributed by atoms with Crippen molar-refractivity contribution in [3.8, 4) is 0 Å². The van der Waals surface area contributed by atoms with Crippen LogP contribution in [0.15, 0.2) is 64.4 Å². The number of rotatable bonds is 3. The van der Waals surface area contributed by atoms with Gasteiger partial charge in [-0.15, -0.1) is 0 Å². The fraction of sp³-hybridized carbons (Fsp3) is 0.250. The van der Waals surface area contributed by atoms with Gasteiger partial charge in [-0.2, -0.15) is 4.68 Å². The second-order valence-electron chi connectivity index (χ2n) is 8.56. The van der Waals surface area contributed by atoms with E-state index in [1.54, 1.807) is 23.9 Å². The lowest BCUT2D eigenvalue weighted by molar-refractivity contribution is -0.113. The summed E-state index contributed by atoms with van der Waals surface area (Å²) in [4.78, 5) is 49.3. The Kier molecular flexibility index (Phi) is 4.59. The van der Waals surface area contributed by atoms with Gasteiger partial charge < -0.3 is 14.7 Å². The van der Waals surface area contributed by atoms with Crippen molar-refractivity contribution in [2.45, 2.75) is 18.8 Å². The number of carbonyl (C=O) groups excluding carboxylic acids is 2. The topological polar surface area (TPSA) is 90.3 Å². The van der Waals surface area contributed by atoms with Crippen molar-refractivity contribution < 1.29 is 9.59 Å². The highest BCUT2D eigenvalue weighted by Crippen LogP contribution is 2.35. The molecule has 9 nitrogen and oxygen atoms in total. The number of likely N-dealkylation sites (N-methyl/N-ethyl adjacent to an activating group) is 2. The highest BCUT2D eigenvalue weighted by Gasteiger charge is 2.44. The predicted octanol–water partition coefficient (Wildman–Crippen LogP) is 0.524. The summed E-state index contributed by atoms with van der Waals surface area (Å²) in [6.45, 7) is 0.514. The normalized spacial score (nSPS) is 22.4. The number of nitrogens with zero attached hydrogens (tertiary/aromatic N) is 5. The molecule has 3 amide bonds. The average molecular weight is 475 g/mol. The van der Waals surface area contributed by atoms with Crippen LogP contribution in [0, 0.1) is 0 Å². The Hall–Kier alpha value is -3.92. The summed E-state index contributed by atoms with van der Waals surface area (Å²) in [5, 5.41) is 0. The Morgan fingerprint density at radius 3 is 2.50 bits per heavy atom. The lowest BCUT2D eigenvalue weighted by atomic mass is 10.1. The number of nitrogens with one attached hydrogen (secondary N) is 1. The van der Waals surface area contributed by atoms with Crippen LogP contribution in [-0.4, -0.2) is 59.4 Å². The summed E-state index contributed by atoms with van der Waals surface area (Å²) in [6, 6.07) is 17.4. The minimum atomic E-state index is -0.455. The summed E-state index contributed by atoms with van der Waals surface area (Å²) in [5.41, 5.74) is 5.90. The number of amides is 3. The van der Waals surface area contributed by atoms with E-state index in [9.17, 15) is 14.4 Å². The molecule has 34 heavy (non-hydrogen) atoms. The van der Waals surface area contributed by atoms with E-state index in [0.717, 1.165) is 16.8 Å². The number of para-hydroxylation sites is 1. The fourth-order valence-electron chi connectivity index (χ4n) is 4.78. The van der Waals surface area contributed by atoms with Crippen molar-refractivity contribution in [2.75, 3.05) is 31.0 Å². The Morgan fingerprint density at radius 1 is 0.971 bits per heavy atom. The van der Waals surface area contributed by atoms with Crippen LogP contribution in [0.5, 0.6) is 0 Å². The van der Waals surface area contributed by atoms with Gasteiger partial charge in [-0.25, -0.2) is 9.79 Å². The van der Waals surface area contributed by atoms with Gasteiger partial charge in [0, 0.05) is 26.2 Å². The van der Waals surface area contributed by atoms with Gasteiger partial charge in [0.25, 0.3) is 11.5 Å². The molecule has 1 aromatic heterocycles. The van der Waals surface area contributed by atoms with Crippen LogP contribution in [0.25, 0.3) is 5.57 Å². The lowest BCUT2D eigenvalue weighted by Gasteiger charge is -2.26. The zero-order valence-corrected chi connectivity index (χ0v) is 19.5. The SMILES string of the molecule is CN1C(=O)N(C)C2Nn3c(s/c(=C4\C(=O)N(CCc5ccccc5)c5ccccc54)c3=O)=NC21. The maximum absolute atomic E-state index is 13.6. The van der Waals surface area contributed by atoms with Gasteiger partial charge in [-0.3, -0.25) is 15.0 Å². The van der Waals surface area contributed by atoms with Crippen molar-refractivity contribution in [2.24, 2.45) is 4.99 Å². The fourth-order valence-corrected chi connectivity index (χ4v) is 5.83. The molecule has 4 heterocycles. The first kappa shape index (κ1) is 20.7. The van der Waals surface area contributed by atoms with E-state index in [4.69, 9.17) is 0 Å². The molecule has 10 heteroatoms. The molecule has 0 aliphatic carbocycles. The van der Waals surface area contributed by atoms with Crippen molar-refractivity contribution in [3.63, 3.8) is 0 Å². The van der Waals surface area contributed by atoms with Crippen molar-refractivity contribution in [3.05, 3.63) is 85.4 Å². The third-order valence-electron chi connectivity index (χ3n) is 6.60. The molecule has 0 spiro atoms. The van der Waals surface area contributed by atoms with Crippen LogP contribution in [0.3, 0.4) is 0 Å². The monoisotopic (exact) mass is 474 g/mol. The van der Waals surface area contributed by atoms with Gasteiger partial charge in [0.2, 0.25) is 4.80 Å². The van der Waals surface area contributed by atoms with E-state index in [0.29, 0.717) is 27.9 Å². The van der Waals surface area contributed by atoms with E-state index < -0.39 is 12.3 Å². The van der Waals surface area contributed by atoms with Crippen molar-refractivity contribution >= 4 is 34.5 Å². The molecule has 3 aliphatic rings. The van der Waals surface area contributed by atoms with Crippen LogP contribution in [0.1, 0.15) is 11.1 Å². The van der Waals surface area contributed by atoms with Crippen molar-refractivity contribution in [1.29, 1.82) is 0 Å². The molecule has 172 valence electrons. The van der Waals surface area contributed by atoms with E-state index in [1.807, 2.05) is 54.6 Å². The smallest absolute Gasteiger partial charge is 0.307 e. The summed E-state index contributed by atoms with van der Waals surface area (Å²) >= 11 is 1.18. The number of hydrogen-bond donors (Lipinski definition) is 1. The largest absolute Gasteiger partial charge is 0.323 e. The molecule has 1 saturated heterocycles. The molecule has 3 aromatic rings. The maximum Gasteiger partial charge on any atom is 0.323 e. The first-order valence-electron chi connectivity index (χ1n) is 11.0. The van der Waals surface area contributed by atoms with Gasteiger partial charge >= 0.3 is 6.03 Å². The van der Waals surface area contributed by atoms with Crippen LogP contribution >= 0.6 is 11.3 Å². The Bertz CT molecular complexity index is 1510. The predicted molar refractivity (Wildman–Crippen MR) is 129 cm³/mol. The third kappa shape index (κ3) is 2.91. The molecule has 1 N–H and O–H groups in total. The quantitative estimate of drug-likeness (QED) is 0.600. The number of anilines is 1. The van der Waals surface area contributed by atoms with Crippen LogP contribution in [0.4, 0.5) is 10.5 Å². The lowest BCUT2D eigenvalue weighted by Crippen LogP contribution is -2.54. The summed E-state index contributed by atoms with van der Waals surface area (Å²) in [7, 11) is 3.36. The molecule has 3 aliphatic heterocycles. The molecule has 6 rings (SSSR count). The average Bonchev–Trinajstić information content (AvgIpc) is 3.40. The minimum Gasteiger partial charge on any atom is -0.307 e. The summed E-state index contributed by atoms with van der Waals surface area (Å²) in [5.74, 6) is -0.182. The van der Waals surface area contributed by atoms with Gasteiger partial charge in [0.1, 0.15) is 4.53 Å². The zero-order chi connectivity index (χ0) is 23.6. The Balaban J connectivity index is 1.46. The van der Waals surface area contributed by atoms with Crippen molar-refractivity contribution in [1.82, 2.24) is 14.5 Å². The number of carbonyl (C=O) groups is 2. The number of thiazole rings is 1. The van der Waals surface area contributed by atoms with Gasteiger partial charge in [0.15, 0.2) is 12.3 Å². The van der Waals surface area contributed by atoms with E-state index in [-0.39, 0.29) is 17.5 Å². The first-order chi connectivity index (χ1) is 16.5. The van der Waals surface area contributed by atoms with Gasteiger partial charge in [-0.1, -0.05) is 59.9 Å². The molecule has 0 radical (unpaired) electrons. The van der Waals surface area contributed by atoms with E-state index >= 15 is 0 Å². The molecule has 0 bridgehead atoms. The Morgan fingerprint density at radius 2 is 1.71 bits per heavy atom. The molecule has 1 fully saturated rings. The molecular formula is C24H22N6O3S. The third-order valence-corrected chi connectivity index (χ3v) is 7.66. The molecule has 2 atom stereocenters. The van der Waals surface area contributed by atoms with Gasteiger partial charge in [0.05, 0.1) is 11.3 Å². The number of hydrogen-bond acceptors (Lipinski definition) is 6. The highest BCUT2D eigenvalue weighted by atomic mass is 32.1. The van der Waals surface area contributed by atoms with Crippen LogP contribution in [-0.2, 0) is 11.2 Å². The van der Waals surface area contributed by atoms with E-state index in [2.05, 4.69) is 10.4 Å². The minimum absolute atomic E-state index is 0.169. The number of benzene rings is 2. The first-order valence-corrected chi connectivity index (χ1v) is 11.8. The molecular weight excluding hydrogens is 452 g/mol. The summed E-state index contributed by atoms with van der Waals surface area (Å²) in [6.07, 6.45) is -0.187. The molecule has 2 unspecified atom stereocenters. The second-order valence-corrected chi connectivity index (χ2v) is 9.54. The molecule has 2 aromatic carbocycles. The molecule has 0 saturated carbocycles. The van der Waals surface area contributed by atoms with Crippen LogP contribution in [0.2, 0.25) is 0 Å². The van der Waals surface area contributed by atoms with Crippen LogP contribution < -0.4 is 25.2 Å². The highest BCUT2D eigenvalue weighted by molar-refractivity contribution is 7.07. The standard InChI is InChI=1S/C24H22N6O3S/c1-27-19-20(28(2)24(27)33)26-30-22(32)18(34-23(30)25-19)17-15-10-6-7-11-16(15)29(21(17)31)13-12-14-8-4-3-5-9-14/h3-11,19-20,26H,12-13H2,1-2H3/b18-17-. The number of aromatic nitrogens is 1. The number of fused-ring (bicyclic) bond motifs is 3. The number of urea groups is 1. The Labute approximate surface area is 198 Å².